The third-order valence-corrected chi connectivity index (χ3v) is 4.61. The van der Waals surface area contributed by atoms with Crippen molar-refractivity contribution in [2.75, 3.05) is 12.3 Å². The first kappa shape index (κ1) is 14.6. The molecular formula is C9H14N2O6S. The SMILES string of the molecule is CC1(C)C(=O)NC(=O)CN1S(=O)(=O)CCC(=O)O. The smallest absolute Gasteiger partial charge is 0.304 e. The highest BCUT2D eigenvalue weighted by Gasteiger charge is 2.46. The van der Waals surface area contributed by atoms with Gasteiger partial charge in [-0.1, -0.05) is 0 Å². The van der Waals surface area contributed by atoms with Crippen LogP contribution in [-0.2, 0) is 24.4 Å². The van der Waals surface area contributed by atoms with Gasteiger partial charge in [-0.05, 0) is 13.8 Å². The van der Waals surface area contributed by atoms with Gasteiger partial charge in [-0.2, -0.15) is 4.31 Å². The van der Waals surface area contributed by atoms with Crippen LogP contribution in [0.3, 0.4) is 0 Å². The van der Waals surface area contributed by atoms with Gasteiger partial charge in [0.15, 0.2) is 0 Å². The molecule has 0 spiro atoms. The summed E-state index contributed by atoms with van der Waals surface area (Å²) in [7, 11) is -3.98. The van der Waals surface area contributed by atoms with Crippen molar-refractivity contribution in [1.82, 2.24) is 9.62 Å². The monoisotopic (exact) mass is 278 g/mol. The Balaban J connectivity index is 3.01. The third kappa shape index (κ3) is 2.85. The largest absolute Gasteiger partial charge is 0.481 e. The number of carbonyl (C=O) groups is 3. The summed E-state index contributed by atoms with van der Waals surface area (Å²) in [5, 5.41) is 10.5. The van der Waals surface area contributed by atoms with Crippen LogP contribution in [0.1, 0.15) is 20.3 Å². The highest BCUT2D eigenvalue weighted by Crippen LogP contribution is 2.22. The summed E-state index contributed by atoms with van der Waals surface area (Å²) in [6.07, 6.45) is -0.579. The van der Waals surface area contributed by atoms with Crippen LogP contribution < -0.4 is 5.32 Å². The average molecular weight is 278 g/mol. The lowest BCUT2D eigenvalue weighted by molar-refractivity contribution is -0.141. The molecule has 1 aliphatic heterocycles. The summed E-state index contributed by atoms with van der Waals surface area (Å²) in [6, 6.07) is 0. The van der Waals surface area contributed by atoms with Crippen LogP contribution in [-0.4, -0.2) is 53.4 Å². The number of piperazine rings is 1. The van der Waals surface area contributed by atoms with Crippen LogP contribution in [0.4, 0.5) is 0 Å². The van der Waals surface area contributed by atoms with Gasteiger partial charge in [0.25, 0.3) is 0 Å². The predicted octanol–water partition coefficient (Wildman–Crippen LogP) is -1.47. The first-order valence-corrected chi connectivity index (χ1v) is 6.75. The van der Waals surface area contributed by atoms with Gasteiger partial charge < -0.3 is 5.11 Å². The normalized spacial score (nSPS) is 20.6. The molecule has 1 rings (SSSR count). The predicted molar refractivity (Wildman–Crippen MR) is 60.0 cm³/mol. The summed E-state index contributed by atoms with van der Waals surface area (Å²) < 4.78 is 24.6. The fourth-order valence-corrected chi connectivity index (χ4v) is 3.28. The van der Waals surface area contributed by atoms with Gasteiger partial charge in [-0.25, -0.2) is 8.42 Å². The molecule has 1 heterocycles. The molecule has 0 aromatic carbocycles. The number of amides is 2. The molecule has 2 N–H and O–H groups in total. The number of carboxylic acid groups (broad SMARTS) is 1. The summed E-state index contributed by atoms with van der Waals surface area (Å²) in [4.78, 5) is 33.2. The van der Waals surface area contributed by atoms with E-state index in [1.807, 2.05) is 5.32 Å². The first-order chi connectivity index (χ1) is 8.07. The molecule has 0 aromatic heterocycles. The molecule has 0 aromatic rings. The van der Waals surface area contributed by atoms with E-state index >= 15 is 0 Å². The maximum Gasteiger partial charge on any atom is 0.304 e. The zero-order valence-corrected chi connectivity index (χ0v) is 10.8. The van der Waals surface area contributed by atoms with Gasteiger partial charge in [0, 0.05) is 0 Å². The molecule has 9 heteroatoms. The molecule has 0 aliphatic carbocycles. The molecule has 18 heavy (non-hydrogen) atoms. The second-order valence-corrected chi connectivity index (χ2v) is 6.42. The Morgan fingerprint density at radius 1 is 1.44 bits per heavy atom. The number of aliphatic carboxylic acids is 1. The van der Waals surface area contributed by atoms with Gasteiger partial charge in [-0.15, -0.1) is 0 Å². The molecule has 1 saturated heterocycles. The Labute approximate surface area is 104 Å². The van der Waals surface area contributed by atoms with E-state index in [-0.39, 0.29) is 0 Å². The van der Waals surface area contributed by atoms with Crippen LogP contribution in [0.25, 0.3) is 0 Å². The molecule has 1 fully saturated rings. The van der Waals surface area contributed by atoms with Crippen molar-refractivity contribution in [3.05, 3.63) is 0 Å². The molecule has 2 amide bonds. The van der Waals surface area contributed by atoms with Crippen molar-refractivity contribution in [3.8, 4) is 0 Å². The Kier molecular flexibility index (Phi) is 3.77. The maximum absolute atomic E-state index is 11.9. The van der Waals surface area contributed by atoms with Crippen LogP contribution >= 0.6 is 0 Å². The standard InChI is InChI=1S/C9H14N2O6S/c1-9(2)8(15)10-6(12)5-11(9)18(16,17)4-3-7(13)14/h3-5H2,1-2H3,(H,13,14)(H,10,12,15). The molecule has 0 saturated carbocycles. The molecule has 8 nitrogen and oxygen atoms in total. The lowest BCUT2D eigenvalue weighted by atomic mass is 10.0. The number of hydrogen-bond donors (Lipinski definition) is 2. The van der Waals surface area contributed by atoms with E-state index in [9.17, 15) is 22.8 Å². The van der Waals surface area contributed by atoms with Crippen molar-refractivity contribution in [3.63, 3.8) is 0 Å². The highest BCUT2D eigenvalue weighted by molar-refractivity contribution is 7.89. The van der Waals surface area contributed by atoms with E-state index in [2.05, 4.69) is 0 Å². The minimum atomic E-state index is -3.98. The lowest BCUT2D eigenvalue weighted by Gasteiger charge is -2.38. The van der Waals surface area contributed by atoms with E-state index in [1.54, 1.807) is 0 Å². The minimum absolute atomic E-state index is 0.485. The summed E-state index contributed by atoms with van der Waals surface area (Å²) in [5.41, 5.74) is -1.41. The van der Waals surface area contributed by atoms with Gasteiger partial charge in [-0.3, -0.25) is 19.7 Å². The highest BCUT2D eigenvalue weighted by atomic mass is 32.2. The number of rotatable bonds is 4. The third-order valence-electron chi connectivity index (χ3n) is 2.63. The van der Waals surface area contributed by atoms with Crippen molar-refractivity contribution < 1.29 is 27.9 Å². The summed E-state index contributed by atoms with van der Waals surface area (Å²) in [6.45, 7) is 2.22. The zero-order valence-electron chi connectivity index (χ0n) is 9.97. The van der Waals surface area contributed by atoms with E-state index < -0.39 is 52.1 Å². The number of nitrogens with one attached hydrogen (secondary N) is 1. The topological polar surface area (TPSA) is 121 Å². The van der Waals surface area contributed by atoms with Crippen LogP contribution in [0, 0.1) is 0 Å². The number of imide groups is 1. The molecule has 1 aliphatic rings. The zero-order chi connectivity index (χ0) is 14.1. The summed E-state index contributed by atoms with van der Waals surface area (Å²) in [5.74, 6) is -3.35. The van der Waals surface area contributed by atoms with Crippen LogP contribution in [0.2, 0.25) is 0 Å². The molecule has 102 valence electrons. The second kappa shape index (κ2) is 4.65. The van der Waals surface area contributed by atoms with Gasteiger partial charge in [0.2, 0.25) is 21.8 Å². The number of hydrogen-bond acceptors (Lipinski definition) is 5. The average Bonchev–Trinajstić information content (AvgIpc) is 2.21. The molecule has 0 atom stereocenters. The van der Waals surface area contributed by atoms with Gasteiger partial charge in [0.05, 0.1) is 18.7 Å². The molecule has 0 bridgehead atoms. The number of carbonyl (C=O) groups excluding carboxylic acids is 2. The van der Waals surface area contributed by atoms with Crippen molar-refractivity contribution in [2.24, 2.45) is 0 Å². The number of sulfonamides is 1. The Bertz CT molecular complexity index is 495. The van der Waals surface area contributed by atoms with Gasteiger partial charge >= 0.3 is 5.97 Å². The van der Waals surface area contributed by atoms with Crippen molar-refractivity contribution >= 4 is 27.8 Å². The maximum atomic E-state index is 11.9. The number of nitrogens with zero attached hydrogens (tertiary/aromatic N) is 1. The van der Waals surface area contributed by atoms with Crippen LogP contribution in [0.15, 0.2) is 0 Å². The van der Waals surface area contributed by atoms with E-state index in [4.69, 9.17) is 5.11 Å². The summed E-state index contributed by atoms with van der Waals surface area (Å²) >= 11 is 0. The van der Waals surface area contributed by atoms with E-state index in [1.165, 1.54) is 13.8 Å². The molecule has 0 radical (unpaired) electrons. The van der Waals surface area contributed by atoms with E-state index in [0.717, 1.165) is 4.31 Å². The molecule has 0 unspecified atom stereocenters. The minimum Gasteiger partial charge on any atom is -0.481 e. The van der Waals surface area contributed by atoms with Crippen molar-refractivity contribution in [2.45, 2.75) is 25.8 Å². The quantitative estimate of drug-likeness (QED) is 0.605. The van der Waals surface area contributed by atoms with E-state index in [0.29, 0.717) is 0 Å². The number of carboxylic acids is 1. The van der Waals surface area contributed by atoms with Crippen molar-refractivity contribution in [1.29, 1.82) is 0 Å². The van der Waals surface area contributed by atoms with Gasteiger partial charge in [0.1, 0.15) is 5.54 Å². The molecular weight excluding hydrogens is 264 g/mol. The Morgan fingerprint density at radius 2 is 2.00 bits per heavy atom. The lowest BCUT2D eigenvalue weighted by Crippen LogP contribution is -2.65. The van der Waals surface area contributed by atoms with Crippen LogP contribution in [0.5, 0.6) is 0 Å². The Morgan fingerprint density at radius 3 is 2.50 bits per heavy atom. The fourth-order valence-electron chi connectivity index (χ4n) is 1.53. The first-order valence-electron chi connectivity index (χ1n) is 5.14. The Hall–Kier alpha value is -1.48. The second-order valence-electron chi connectivity index (χ2n) is 4.40. The fraction of sp³-hybridized carbons (Fsp3) is 0.667.